The number of likely N-dealkylation sites (tertiary alicyclic amines) is 1. The fourth-order valence-electron chi connectivity index (χ4n) is 3.73. The van der Waals surface area contributed by atoms with Crippen molar-refractivity contribution in [1.82, 2.24) is 4.90 Å². The summed E-state index contributed by atoms with van der Waals surface area (Å²) in [6.45, 7) is 8.71. The first kappa shape index (κ1) is 24.5. The van der Waals surface area contributed by atoms with Gasteiger partial charge in [-0.05, 0) is 56.0 Å². The van der Waals surface area contributed by atoms with E-state index in [1.807, 2.05) is 0 Å². The zero-order chi connectivity index (χ0) is 24.0. The largest absolute Gasteiger partial charge is 0.449 e. The molecule has 1 amide bonds. The van der Waals surface area contributed by atoms with Gasteiger partial charge in [0.15, 0.2) is 6.10 Å². The maximum atomic E-state index is 13.3. The van der Waals surface area contributed by atoms with Crippen LogP contribution in [0.3, 0.4) is 0 Å². The molecule has 33 heavy (non-hydrogen) atoms. The van der Waals surface area contributed by atoms with Gasteiger partial charge in [-0.15, -0.1) is 6.58 Å². The van der Waals surface area contributed by atoms with Crippen molar-refractivity contribution >= 4 is 27.6 Å². The number of esters is 1. The van der Waals surface area contributed by atoms with Crippen molar-refractivity contribution in [2.24, 2.45) is 5.92 Å². The van der Waals surface area contributed by atoms with Crippen molar-refractivity contribution in [1.29, 1.82) is 0 Å². The fourth-order valence-corrected chi connectivity index (χ4v) is 5.21. The summed E-state index contributed by atoms with van der Waals surface area (Å²) in [6, 6.07) is 14.3. The van der Waals surface area contributed by atoms with Gasteiger partial charge in [0.2, 0.25) is 0 Å². The quantitative estimate of drug-likeness (QED) is 0.432. The smallest absolute Gasteiger partial charge is 0.338 e. The Bertz CT molecular complexity index is 1090. The normalized spacial score (nSPS) is 15.5. The molecule has 7 nitrogen and oxygen atoms in total. The average Bonchev–Trinajstić information content (AvgIpc) is 2.83. The van der Waals surface area contributed by atoms with Gasteiger partial charge in [-0.1, -0.05) is 37.3 Å². The molecule has 0 aromatic heterocycles. The second-order valence-electron chi connectivity index (χ2n) is 8.24. The van der Waals surface area contributed by atoms with Crippen LogP contribution in [0, 0.1) is 5.92 Å². The number of ether oxygens (including phenoxy) is 1. The zero-order valence-electron chi connectivity index (χ0n) is 19.0. The lowest BCUT2D eigenvalue weighted by atomic mass is 9.99. The highest BCUT2D eigenvalue weighted by Crippen LogP contribution is 2.24. The summed E-state index contributed by atoms with van der Waals surface area (Å²) in [5.41, 5.74) is 0.551. The van der Waals surface area contributed by atoms with Crippen LogP contribution in [0.1, 0.15) is 37.0 Å². The number of hydrogen-bond donors (Lipinski definition) is 0. The van der Waals surface area contributed by atoms with Crippen LogP contribution in [0.5, 0.6) is 0 Å². The van der Waals surface area contributed by atoms with Crippen molar-refractivity contribution in [3.8, 4) is 0 Å². The van der Waals surface area contributed by atoms with Crippen LogP contribution in [-0.4, -0.2) is 50.9 Å². The minimum atomic E-state index is -3.96. The highest BCUT2D eigenvalue weighted by Gasteiger charge is 2.28. The van der Waals surface area contributed by atoms with Gasteiger partial charge in [0.1, 0.15) is 0 Å². The number of piperidine rings is 1. The van der Waals surface area contributed by atoms with Gasteiger partial charge in [-0.25, -0.2) is 13.2 Å². The Balaban J connectivity index is 1.77. The molecule has 0 radical (unpaired) electrons. The molecule has 8 heteroatoms. The van der Waals surface area contributed by atoms with Crippen LogP contribution >= 0.6 is 0 Å². The molecule has 0 aliphatic carbocycles. The molecule has 2 aromatic carbocycles. The van der Waals surface area contributed by atoms with Crippen LogP contribution in [0.4, 0.5) is 5.69 Å². The Labute approximate surface area is 195 Å². The maximum Gasteiger partial charge on any atom is 0.338 e. The van der Waals surface area contributed by atoms with Gasteiger partial charge in [0.25, 0.3) is 15.9 Å². The molecule has 1 heterocycles. The molecule has 1 saturated heterocycles. The molecule has 0 bridgehead atoms. The Morgan fingerprint density at radius 1 is 1.15 bits per heavy atom. The first-order valence-corrected chi connectivity index (χ1v) is 12.5. The van der Waals surface area contributed by atoms with E-state index in [4.69, 9.17) is 4.74 Å². The number of hydrogen-bond acceptors (Lipinski definition) is 5. The molecule has 2 aromatic rings. The fraction of sp³-hybridized carbons (Fsp3) is 0.360. The van der Waals surface area contributed by atoms with Crippen LogP contribution in [0.2, 0.25) is 0 Å². The second-order valence-corrected chi connectivity index (χ2v) is 10.1. The number of benzene rings is 2. The van der Waals surface area contributed by atoms with E-state index in [1.165, 1.54) is 34.6 Å². The van der Waals surface area contributed by atoms with Crippen molar-refractivity contribution in [2.75, 3.05) is 23.9 Å². The summed E-state index contributed by atoms with van der Waals surface area (Å²) < 4.78 is 33.3. The monoisotopic (exact) mass is 470 g/mol. The first-order chi connectivity index (χ1) is 15.7. The Hall–Kier alpha value is -3.13. The minimum absolute atomic E-state index is 0.0494. The molecule has 3 rings (SSSR count). The van der Waals surface area contributed by atoms with E-state index >= 15 is 0 Å². The van der Waals surface area contributed by atoms with Crippen molar-refractivity contribution in [3.05, 3.63) is 72.8 Å². The summed E-state index contributed by atoms with van der Waals surface area (Å²) >= 11 is 0. The molecule has 0 N–H and O–H groups in total. The number of rotatable bonds is 8. The predicted octanol–water partition coefficient (Wildman–Crippen LogP) is 3.87. The Kier molecular flexibility index (Phi) is 7.92. The summed E-state index contributed by atoms with van der Waals surface area (Å²) in [5.74, 6) is -0.401. The molecule has 0 spiro atoms. The van der Waals surface area contributed by atoms with Crippen LogP contribution < -0.4 is 4.31 Å². The Morgan fingerprint density at radius 3 is 2.45 bits per heavy atom. The number of carbonyl (C=O) groups is 2. The van der Waals surface area contributed by atoms with Gasteiger partial charge in [-0.3, -0.25) is 9.10 Å². The summed E-state index contributed by atoms with van der Waals surface area (Å²) in [5, 5.41) is 0. The third-order valence-electron chi connectivity index (χ3n) is 5.72. The molecule has 1 aliphatic heterocycles. The van der Waals surface area contributed by atoms with Crippen molar-refractivity contribution in [3.63, 3.8) is 0 Å². The lowest BCUT2D eigenvalue weighted by molar-refractivity contribution is -0.141. The summed E-state index contributed by atoms with van der Waals surface area (Å²) in [4.78, 5) is 27.0. The SMILES string of the molecule is C=CCN(c1ccccc1)S(=O)(=O)c1cccc(C(=O)O[C@H](C)C(=O)N2CCC(C)CC2)c1. The third kappa shape index (κ3) is 5.82. The predicted molar refractivity (Wildman–Crippen MR) is 127 cm³/mol. The van der Waals surface area contributed by atoms with Gasteiger partial charge in [-0.2, -0.15) is 0 Å². The van der Waals surface area contributed by atoms with Crippen molar-refractivity contribution in [2.45, 2.75) is 37.7 Å². The maximum absolute atomic E-state index is 13.3. The zero-order valence-corrected chi connectivity index (χ0v) is 19.8. The number of amides is 1. The van der Waals surface area contributed by atoms with E-state index in [1.54, 1.807) is 42.2 Å². The van der Waals surface area contributed by atoms with Crippen molar-refractivity contribution < 1.29 is 22.7 Å². The standard InChI is InChI=1S/C25H30N2O5S/c1-4-15-27(22-10-6-5-7-11-22)33(30,31)23-12-8-9-21(18-23)25(29)32-20(3)24(28)26-16-13-19(2)14-17-26/h4-12,18-20H,1,13-17H2,2-3H3/t20-/m1/s1. The summed E-state index contributed by atoms with van der Waals surface area (Å²) in [6.07, 6.45) is 2.40. The molecule has 0 saturated carbocycles. The molecular weight excluding hydrogens is 440 g/mol. The molecule has 1 atom stereocenters. The number of carbonyl (C=O) groups excluding carboxylic acids is 2. The summed E-state index contributed by atoms with van der Waals surface area (Å²) in [7, 11) is -3.96. The number of nitrogens with zero attached hydrogens (tertiary/aromatic N) is 2. The Morgan fingerprint density at radius 2 is 1.82 bits per heavy atom. The third-order valence-corrected chi connectivity index (χ3v) is 7.51. The molecule has 1 fully saturated rings. The minimum Gasteiger partial charge on any atom is -0.449 e. The van der Waals surface area contributed by atoms with E-state index in [2.05, 4.69) is 13.5 Å². The van der Waals surface area contributed by atoms with Crippen LogP contribution in [0.15, 0.2) is 72.1 Å². The number of para-hydroxylation sites is 1. The molecule has 1 aliphatic rings. The van der Waals surface area contributed by atoms with Gasteiger partial charge < -0.3 is 9.64 Å². The number of sulfonamides is 1. The van der Waals surface area contributed by atoms with Gasteiger partial charge in [0.05, 0.1) is 22.7 Å². The molecule has 176 valence electrons. The number of anilines is 1. The first-order valence-electron chi connectivity index (χ1n) is 11.0. The van der Waals surface area contributed by atoms with E-state index in [0.29, 0.717) is 24.7 Å². The highest BCUT2D eigenvalue weighted by molar-refractivity contribution is 7.92. The lowest BCUT2D eigenvalue weighted by Gasteiger charge is -2.31. The van der Waals surface area contributed by atoms with Crippen LogP contribution in [0.25, 0.3) is 0 Å². The van der Waals surface area contributed by atoms with E-state index in [-0.39, 0.29) is 22.9 Å². The van der Waals surface area contributed by atoms with Gasteiger partial charge >= 0.3 is 5.97 Å². The topological polar surface area (TPSA) is 84.0 Å². The highest BCUT2D eigenvalue weighted by atomic mass is 32.2. The van der Waals surface area contributed by atoms with E-state index < -0.39 is 22.1 Å². The van der Waals surface area contributed by atoms with Crippen LogP contribution in [-0.2, 0) is 19.6 Å². The average molecular weight is 471 g/mol. The molecular formula is C25H30N2O5S. The van der Waals surface area contributed by atoms with E-state index in [9.17, 15) is 18.0 Å². The lowest BCUT2D eigenvalue weighted by Crippen LogP contribution is -2.44. The van der Waals surface area contributed by atoms with E-state index in [0.717, 1.165) is 12.8 Å². The molecule has 0 unspecified atom stereocenters. The second kappa shape index (κ2) is 10.7. The van der Waals surface area contributed by atoms with Gasteiger partial charge in [0, 0.05) is 13.1 Å².